The number of H-pyrrole nitrogens is 1. The summed E-state index contributed by atoms with van der Waals surface area (Å²) in [4.78, 5) is 63.6. The van der Waals surface area contributed by atoms with Crippen molar-refractivity contribution in [2.24, 2.45) is 0 Å². The van der Waals surface area contributed by atoms with Gasteiger partial charge in [0, 0.05) is 18.7 Å². The van der Waals surface area contributed by atoms with E-state index >= 15 is 0 Å². The minimum atomic E-state index is -0.973. The Morgan fingerprint density at radius 2 is 1.63 bits per heavy atom. The van der Waals surface area contributed by atoms with E-state index in [-0.39, 0.29) is 18.6 Å². The zero-order valence-corrected chi connectivity index (χ0v) is 20.3. The maximum Gasteiger partial charge on any atom is 0.338 e. The second-order valence-corrected chi connectivity index (χ2v) is 8.25. The van der Waals surface area contributed by atoms with Crippen LogP contribution in [0.5, 0.6) is 0 Å². The number of nitrogens with one attached hydrogen (secondary N) is 1. The first kappa shape index (κ1) is 26.3. The number of methoxy groups -OCH3 is 1. The average molecular weight is 520 g/mol. The SMILES string of the molecule is COC(=O)C=Cc1cn([C@H]2C[C@H](OC(=O)c3ccccc3)[C@@H](COC(=O)c3ccccc3)O2)c(=O)[nH]c1=O. The molecule has 38 heavy (non-hydrogen) atoms. The quantitative estimate of drug-likeness (QED) is 0.268. The minimum Gasteiger partial charge on any atom is -0.466 e. The van der Waals surface area contributed by atoms with Gasteiger partial charge in [0.2, 0.25) is 0 Å². The van der Waals surface area contributed by atoms with E-state index in [0.717, 1.165) is 10.6 Å². The first-order valence-electron chi connectivity index (χ1n) is 11.6. The molecule has 196 valence electrons. The summed E-state index contributed by atoms with van der Waals surface area (Å²) in [5.41, 5.74) is -0.850. The van der Waals surface area contributed by atoms with Crippen LogP contribution in [0, 0.1) is 0 Å². The highest BCUT2D eigenvalue weighted by molar-refractivity contribution is 5.90. The van der Waals surface area contributed by atoms with E-state index in [1.54, 1.807) is 60.7 Å². The summed E-state index contributed by atoms with van der Waals surface area (Å²) in [7, 11) is 1.19. The van der Waals surface area contributed by atoms with Crippen molar-refractivity contribution < 1.29 is 33.3 Å². The molecule has 0 bridgehead atoms. The second-order valence-electron chi connectivity index (χ2n) is 8.25. The molecule has 0 amide bonds. The van der Waals surface area contributed by atoms with Crippen molar-refractivity contribution in [3.05, 3.63) is 110 Å². The number of carbonyl (C=O) groups is 3. The van der Waals surface area contributed by atoms with Crippen LogP contribution in [0.4, 0.5) is 0 Å². The molecule has 2 aromatic carbocycles. The van der Waals surface area contributed by atoms with Gasteiger partial charge in [-0.1, -0.05) is 36.4 Å². The number of benzene rings is 2. The van der Waals surface area contributed by atoms with Crippen LogP contribution in [-0.4, -0.2) is 53.4 Å². The lowest BCUT2D eigenvalue weighted by Gasteiger charge is -2.19. The number of carbonyl (C=O) groups excluding carboxylic acids is 3. The van der Waals surface area contributed by atoms with Gasteiger partial charge in [0.15, 0.2) is 0 Å². The molecule has 1 aliphatic rings. The van der Waals surface area contributed by atoms with Crippen LogP contribution in [0.3, 0.4) is 0 Å². The molecule has 4 rings (SSSR count). The third kappa shape index (κ3) is 6.31. The van der Waals surface area contributed by atoms with Crippen LogP contribution < -0.4 is 11.2 Å². The average Bonchev–Trinajstić information content (AvgIpc) is 3.33. The van der Waals surface area contributed by atoms with Gasteiger partial charge < -0.3 is 18.9 Å². The van der Waals surface area contributed by atoms with E-state index in [4.69, 9.17) is 14.2 Å². The predicted octanol–water partition coefficient (Wildman–Crippen LogP) is 2.09. The number of rotatable bonds is 8. The number of aromatic amines is 1. The third-order valence-corrected chi connectivity index (χ3v) is 5.74. The molecular weight excluding hydrogens is 496 g/mol. The Morgan fingerprint density at radius 3 is 2.26 bits per heavy atom. The standard InChI is InChI=1S/C27H24N2O9/c1-35-23(30)13-12-19-15-29(27(34)28-24(19)31)22-14-20(38-26(33)18-10-6-3-7-11-18)21(37-22)16-36-25(32)17-8-4-2-5-9-17/h2-13,15,20-22H,14,16H2,1H3,(H,28,31,34)/t20-,21+,22+/m0/s1. The highest BCUT2D eigenvalue weighted by Crippen LogP contribution is 2.31. The van der Waals surface area contributed by atoms with Crippen molar-refractivity contribution in [1.82, 2.24) is 9.55 Å². The predicted molar refractivity (Wildman–Crippen MR) is 133 cm³/mol. The van der Waals surface area contributed by atoms with Crippen LogP contribution in [0.1, 0.15) is 38.9 Å². The van der Waals surface area contributed by atoms with Crippen molar-refractivity contribution >= 4 is 24.0 Å². The number of hydrogen-bond acceptors (Lipinski definition) is 9. The normalized spacial score (nSPS) is 18.7. The van der Waals surface area contributed by atoms with Crippen molar-refractivity contribution in [2.45, 2.75) is 24.9 Å². The summed E-state index contributed by atoms with van der Waals surface area (Å²) in [5.74, 6) is -1.90. The summed E-state index contributed by atoms with van der Waals surface area (Å²) < 4.78 is 22.7. The van der Waals surface area contributed by atoms with Crippen LogP contribution in [0.15, 0.2) is 82.5 Å². The lowest BCUT2D eigenvalue weighted by atomic mass is 10.1. The molecule has 2 heterocycles. The molecule has 1 fully saturated rings. The molecule has 11 nitrogen and oxygen atoms in total. The molecule has 0 unspecified atom stereocenters. The number of nitrogens with zero attached hydrogens (tertiary/aromatic N) is 1. The lowest BCUT2D eigenvalue weighted by molar-refractivity contribution is -0.134. The number of aromatic nitrogens is 2. The summed E-state index contributed by atoms with van der Waals surface area (Å²) in [6, 6.07) is 16.6. The van der Waals surface area contributed by atoms with Gasteiger partial charge in [-0.25, -0.2) is 19.2 Å². The molecule has 0 aliphatic carbocycles. The van der Waals surface area contributed by atoms with Crippen molar-refractivity contribution in [2.75, 3.05) is 13.7 Å². The van der Waals surface area contributed by atoms with Gasteiger partial charge in [-0.3, -0.25) is 14.3 Å². The number of hydrogen-bond donors (Lipinski definition) is 1. The minimum absolute atomic E-state index is 0.00427. The summed E-state index contributed by atoms with van der Waals surface area (Å²) in [5, 5.41) is 0. The zero-order chi connectivity index (χ0) is 27.1. The Kier molecular flexibility index (Phi) is 8.29. The summed E-state index contributed by atoms with van der Waals surface area (Å²) in [6.45, 7) is -0.260. The third-order valence-electron chi connectivity index (χ3n) is 5.74. The maximum atomic E-state index is 12.7. The largest absolute Gasteiger partial charge is 0.466 e. The van der Waals surface area contributed by atoms with Gasteiger partial charge in [-0.15, -0.1) is 0 Å². The molecule has 3 aromatic rings. The number of ether oxygens (including phenoxy) is 4. The molecule has 0 radical (unpaired) electrons. The molecule has 0 spiro atoms. The first-order valence-corrected chi connectivity index (χ1v) is 11.6. The second kappa shape index (κ2) is 12.0. The van der Waals surface area contributed by atoms with E-state index in [0.29, 0.717) is 11.1 Å². The van der Waals surface area contributed by atoms with Crippen LogP contribution >= 0.6 is 0 Å². The summed E-state index contributed by atoms with van der Waals surface area (Å²) >= 11 is 0. The molecule has 1 aliphatic heterocycles. The van der Waals surface area contributed by atoms with Crippen LogP contribution in [0.2, 0.25) is 0 Å². The van der Waals surface area contributed by atoms with E-state index in [1.807, 2.05) is 0 Å². The molecule has 3 atom stereocenters. The highest BCUT2D eigenvalue weighted by Gasteiger charge is 2.40. The molecular formula is C27H24N2O9. The summed E-state index contributed by atoms with van der Waals surface area (Å²) in [6.07, 6.45) is 0.709. The van der Waals surface area contributed by atoms with E-state index < -0.39 is 47.6 Å². The van der Waals surface area contributed by atoms with E-state index in [2.05, 4.69) is 9.72 Å². The first-order chi connectivity index (χ1) is 18.4. The van der Waals surface area contributed by atoms with Gasteiger partial charge in [0.25, 0.3) is 5.56 Å². The van der Waals surface area contributed by atoms with Gasteiger partial charge in [0.05, 0.1) is 23.8 Å². The monoisotopic (exact) mass is 520 g/mol. The van der Waals surface area contributed by atoms with Gasteiger partial charge >= 0.3 is 23.6 Å². The topological polar surface area (TPSA) is 143 Å². The highest BCUT2D eigenvalue weighted by atomic mass is 16.6. The zero-order valence-electron chi connectivity index (χ0n) is 20.3. The molecule has 1 saturated heterocycles. The lowest BCUT2D eigenvalue weighted by Crippen LogP contribution is -2.33. The van der Waals surface area contributed by atoms with Gasteiger partial charge in [0.1, 0.15) is 25.0 Å². The van der Waals surface area contributed by atoms with Crippen molar-refractivity contribution in [1.29, 1.82) is 0 Å². The fraction of sp³-hybridized carbons (Fsp3) is 0.222. The van der Waals surface area contributed by atoms with Crippen LogP contribution in [-0.2, 0) is 23.7 Å². The Balaban J connectivity index is 1.57. The Morgan fingerprint density at radius 1 is 1.00 bits per heavy atom. The molecule has 1 aromatic heterocycles. The number of esters is 3. The molecule has 1 N–H and O–H groups in total. The molecule has 0 saturated carbocycles. The van der Waals surface area contributed by atoms with E-state index in [1.165, 1.54) is 19.4 Å². The van der Waals surface area contributed by atoms with Gasteiger partial charge in [-0.2, -0.15) is 0 Å². The van der Waals surface area contributed by atoms with Crippen molar-refractivity contribution in [3.8, 4) is 0 Å². The van der Waals surface area contributed by atoms with E-state index in [9.17, 15) is 24.0 Å². The fourth-order valence-electron chi connectivity index (χ4n) is 3.80. The Bertz CT molecular complexity index is 1440. The maximum absolute atomic E-state index is 12.7. The van der Waals surface area contributed by atoms with Crippen LogP contribution in [0.25, 0.3) is 6.08 Å². The fourth-order valence-corrected chi connectivity index (χ4v) is 3.80. The molecule has 11 heteroatoms. The Hall–Kier alpha value is -4.77. The van der Waals surface area contributed by atoms with Gasteiger partial charge in [-0.05, 0) is 30.3 Å². The van der Waals surface area contributed by atoms with Crippen molar-refractivity contribution in [3.63, 3.8) is 0 Å². The smallest absolute Gasteiger partial charge is 0.338 e. The Labute approximate surface area is 216 Å².